The van der Waals surface area contributed by atoms with Crippen molar-refractivity contribution in [3.05, 3.63) is 173 Å². The smallest absolute Gasteiger partial charge is 0.0991 e. The van der Waals surface area contributed by atoms with E-state index in [2.05, 4.69) is 143 Å². The van der Waals surface area contributed by atoms with E-state index in [-0.39, 0.29) is 6.04 Å². The topological polar surface area (TPSA) is 40.8 Å². The normalized spacial score (nSPS) is 20.3. The lowest BCUT2D eigenvalue weighted by atomic mass is 9.72. The zero-order valence-electron chi connectivity index (χ0n) is 28.6. The molecule has 0 spiro atoms. The lowest BCUT2D eigenvalue weighted by molar-refractivity contribution is 0.552. The summed E-state index contributed by atoms with van der Waals surface area (Å²) in [5.41, 5.74) is 16.9. The van der Waals surface area contributed by atoms with E-state index in [0.29, 0.717) is 17.4 Å². The van der Waals surface area contributed by atoms with Gasteiger partial charge in [-0.05, 0) is 126 Å². The van der Waals surface area contributed by atoms with Gasteiger partial charge >= 0.3 is 0 Å². The largest absolute Gasteiger partial charge is 0.377 e. The van der Waals surface area contributed by atoms with E-state index in [1.54, 1.807) is 16.7 Å². The highest BCUT2D eigenvalue weighted by Crippen LogP contribution is 2.51. The minimum Gasteiger partial charge on any atom is -0.377 e. The maximum Gasteiger partial charge on any atom is 0.0991 e. The molecule has 0 radical (unpaired) electrons. The Morgan fingerprint density at radius 1 is 0.725 bits per heavy atom. The number of anilines is 1. The number of hydrogen-bond acceptors (Lipinski definition) is 2. The molecular formula is C48H39N3. The van der Waals surface area contributed by atoms with Crippen LogP contribution in [0.15, 0.2) is 140 Å². The van der Waals surface area contributed by atoms with E-state index >= 15 is 0 Å². The fourth-order valence-corrected chi connectivity index (χ4v) is 9.34. The maximum atomic E-state index is 9.75. The number of allylic oxidation sites excluding steroid dienone is 7. The second-order valence-electron chi connectivity index (χ2n) is 14.6. The van der Waals surface area contributed by atoms with Crippen LogP contribution in [0.4, 0.5) is 5.69 Å². The molecule has 0 saturated carbocycles. The fraction of sp³-hybridized carbons (Fsp3) is 0.188. The summed E-state index contributed by atoms with van der Waals surface area (Å²) in [6, 6.07) is 37.5. The van der Waals surface area contributed by atoms with Crippen molar-refractivity contribution in [1.82, 2.24) is 4.57 Å². The number of fused-ring (bicyclic) bond motifs is 8. The highest BCUT2D eigenvalue weighted by atomic mass is 15.0. The van der Waals surface area contributed by atoms with Crippen molar-refractivity contribution >= 4 is 33.1 Å². The highest BCUT2D eigenvalue weighted by molar-refractivity contribution is 6.10. The zero-order valence-corrected chi connectivity index (χ0v) is 28.6. The summed E-state index contributed by atoms with van der Waals surface area (Å²) in [7, 11) is 0. The van der Waals surface area contributed by atoms with Crippen LogP contribution in [0.1, 0.15) is 71.0 Å². The first-order valence-electron chi connectivity index (χ1n) is 18.6. The highest BCUT2D eigenvalue weighted by Gasteiger charge is 2.34. The third-order valence-electron chi connectivity index (χ3n) is 11.7. The van der Waals surface area contributed by atoms with Crippen LogP contribution in [0, 0.1) is 17.2 Å². The molecule has 2 heterocycles. The Morgan fingerprint density at radius 2 is 1.53 bits per heavy atom. The molecule has 51 heavy (non-hydrogen) atoms. The molecule has 1 N–H and O–H groups in total. The van der Waals surface area contributed by atoms with Gasteiger partial charge in [-0.2, -0.15) is 5.26 Å². The van der Waals surface area contributed by atoms with Crippen molar-refractivity contribution in [2.45, 2.75) is 50.5 Å². The van der Waals surface area contributed by atoms with Gasteiger partial charge in [0.15, 0.2) is 0 Å². The van der Waals surface area contributed by atoms with Gasteiger partial charge in [-0.3, -0.25) is 0 Å². The van der Waals surface area contributed by atoms with Crippen molar-refractivity contribution in [1.29, 1.82) is 5.26 Å². The van der Waals surface area contributed by atoms with Gasteiger partial charge < -0.3 is 9.88 Å². The Hall–Kier alpha value is -5.85. The molecule has 3 unspecified atom stereocenters. The molecule has 0 bridgehead atoms. The Kier molecular flexibility index (Phi) is 7.17. The standard InChI is InChI=1S/C48H39N3/c49-30-31-19-25-45-41(27-31)42-28-35(24-26-46(42)51(45)36-13-5-2-6-14-36)32-20-22-34(23-21-32)48-43-29-40(33-11-3-1-4-12-33)37-15-7-8-16-38(37)47(43)39-17-9-10-18-44(39)50-48/h1-6,9-11,13-14,17-22,24-29,33-34,48,50H,7-8,12,15-16,23H2. The van der Waals surface area contributed by atoms with Gasteiger partial charge in [0.05, 0.1) is 28.7 Å². The molecule has 10 rings (SSSR count). The van der Waals surface area contributed by atoms with Crippen LogP contribution >= 0.6 is 0 Å². The predicted molar refractivity (Wildman–Crippen MR) is 211 cm³/mol. The summed E-state index contributed by atoms with van der Waals surface area (Å²) in [5.74, 6) is 0.782. The van der Waals surface area contributed by atoms with Gasteiger partial charge in [0.25, 0.3) is 0 Å². The minimum atomic E-state index is 0.203. The van der Waals surface area contributed by atoms with Gasteiger partial charge in [0.1, 0.15) is 0 Å². The second kappa shape index (κ2) is 12.2. The second-order valence-corrected chi connectivity index (χ2v) is 14.6. The molecule has 3 nitrogen and oxygen atoms in total. The van der Waals surface area contributed by atoms with Crippen molar-refractivity contribution in [3.63, 3.8) is 0 Å². The molecule has 3 atom stereocenters. The Labute approximate surface area is 299 Å². The first-order valence-corrected chi connectivity index (χ1v) is 18.6. The van der Waals surface area contributed by atoms with E-state index in [1.807, 2.05) is 12.1 Å². The van der Waals surface area contributed by atoms with Gasteiger partial charge in [-0.1, -0.05) is 91.1 Å². The van der Waals surface area contributed by atoms with Crippen LogP contribution in [0.2, 0.25) is 0 Å². The van der Waals surface area contributed by atoms with E-state index in [4.69, 9.17) is 0 Å². The predicted octanol–water partition coefficient (Wildman–Crippen LogP) is 11.9. The lowest BCUT2D eigenvalue weighted by Crippen LogP contribution is -2.26. The van der Waals surface area contributed by atoms with E-state index in [9.17, 15) is 5.26 Å². The van der Waals surface area contributed by atoms with Crippen molar-refractivity contribution < 1.29 is 0 Å². The quantitative estimate of drug-likeness (QED) is 0.205. The molecule has 0 saturated heterocycles. The Morgan fingerprint density at radius 3 is 2.33 bits per heavy atom. The zero-order chi connectivity index (χ0) is 33.9. The number of hydrogen-bond donors (Lipinski definition) is 1. The minimum absolute atomic E-state index is 0.203. The van der Waals surface area contributed by atoms with E-state index < -0.39 is 0 Å². The summed E-state index contributed by atoms with van der Waals surface area (Å²) in [6.07, 6.45) is 23.4. The number of aromatic nitrogens is 1. The molecule has 1 aliphatic heterocycles. The maximum absolute atomic E-state index is 9.75. The molecule has 5 aromatic carbocycles. The van der Waals surface area contributed by atoms with Crippen molar-refractivity contribution in [2.75, 3.05) is 5.32 Å². The van der Waals surface area contributed by atoms with Crippen LogP contribution < -0.4 is 5.32 Å². The molecule has 3 aliphatic carbocycles. The number of para-hydroxylation sites is 2. The van der Waals surface area contributed by atoms with Crippen LogP contribution in [0.25, 0.3) is 44.2 Å². The number of rotatable bonds is 4. The van der Waals surface area contributed by atoms with Crippen LogP contribution in [-0.4, -0.2) is 4.57 Å². The van der Waals surface area contributed by atoms with Gasteiger partial charge in [0.2, 0.25) is 0 Å². The van der Waals surface area contributed by atoms with Gasteiger partial charge in [-0.25, -0.2) is 0 Å². The van der Waals surface area contributed by atoms with Crippen LogP contribution in [0.3, 0.4) is 0 Å². The molecule has 4 aliphatic rings. The third-order valence-corrected chi connectivity index (χ3v) is 11.7. The third kappa shape index (κ3) is 4.93. The fourth-order valence-electron chi connectivity index (χ4n) is 9.34. The molecular weight excluding hydrogens is 619 g/mol. The number of benzene rings is 5. The molecule has 3 heteroatoms. The summed E-state index contributed by atoms with van der Waals surface area (Å²) in [4.78, 5) is 0. The van der Waals surface area contributed by atoms with E-state index in [0.717, 1.165) is 34.9 Å². The number of nitrogens with one attached hydrogen (secondary N) is 1. The monoisotopic (exact) mass is 657 g/mol. The lowest BCUT2D eigenvalue weighted by Gasteiger charge is -2.38. The molecule has 246 valence electrons. The number of nitriles is 1. The summed E-state index contributed by atoms with van der Waals surface area (Å²) >= 11 is 0. The molecule has 6 aromatic rings. The molecule has 0 amide bonds. The summed E-state index contributed by atoms with van der Waals surface area (Å²) < 4.78 is 2.31. The summed E-state index contributed by atoms with van der Waals surface area (Å²) in [5, 5.41) is 16.1. The average molecular weight is 658 g/mol. The first kappa shape index (κ1) is 30.0. The first-order chi connectivity index (χ1) is 25.2. The van der Waals surface area contributed by atoms with Crippen LogP contribution in [0.5, 0.6) is 0 Å². The van der Waals surface area contributed by atoms with Gasteiger partial charge in [-0.15, -0.1) is 0 Å². The Bertz CT molecular complexity index is 2530. The molecule has 0 fully saturated rings. The Balaban J connectivity index is 1.04. The summed E-state index contributed by atoms with van der Waals surface area (Å²) in [6.45, 7) is 0. The van der Waals surface area contributed by atoms with Crippen molar-refractivity contribution in [3.8, 4) is 22.9 Å². The van der Waals surface area contributed by atoms with Crippen molar-refractivity contribution in [2.24, 2.45) is 5.92 Å². The SMILES string of the molecule is N#Cc1ccc2c(c1)c1cc(C3=CCC(C4Nc5ccccc5-c5c4cc(C4C=CC=CC4)c4c5CCCC4)C=C3)ccc1n2-c1ccccc1. The number of nitrogens with zero attached hydrogens (tertiary/aromatic N) is 2. The average Bonchev–Trinajstić information content (AvgIpc) is 3.53. The van der Waals surface area contributed by atoms with Gasteiger partial charge in [0, 0.05) is 39.5 Å². The van der Waals surface area contributed by atoms with E-state index in [1.165, 1.54) is 64.6 Å². The molecule has 1 aromatic heterocycles. The van der Waals surface area contributed by atoms with Crippen LogP contribution in [-0.2, 0) is 12.8 Å².